The maximum absolute atomic E-state index is 8.76. The smallest absolute Gasteiger partial charge is 0.119 e. The van der Waals surface area contributed by atoms with Crippen LogP contribution in [0.15, 0.2) is 24.3 Å². The van der Waals surface area contributed by atoms with Crippen molar-refractivity contribution in [1.82, 2.24) is 4.90 Å². The van der Waals surface area contributed by atoms with Gasteiger partial charge in [0.05, 0.1) is 11.6 Å². The Morgan fingerprint density at radius 3 is 2.33 bits per heavy atom. The highest BCUT2D eigenvalue weighted by Gasteiger charge is 2.39. The fraction of sp³-hybridized carbons (Fsp3) is 0.533. The molecule has 18 heavy (non-hydrogen) atoms. The second kappa shape index (κ2) is 4.62. The standard InChI is InChI=1S/C15H18N2O/c1-17-12-4-5-13(17)9-15(8-12)18-14-6-2-11(10-16)3-7-14/h2-3,6-7,12-13,15H,4-5,8-9H2,1H3/t12-,13+,15-. The molecule has 3 atom stereocenters. The quantitative estimate of drug-likeness (QED) is 0.799. The Morgan fingerprint density at radius 2 is 1.78 bits per heavy atom. The van der Waals surface area contributed by atoms with Crippen molar-refractivity contribution < 1.29 is 4.74 Å². The Hall–Kier alpha value is -1.53. The Balaban J connectivity index is 1.65. The van der Waals surface area contributed by atoms with E-state index in [2.05, 4.69) is 18.0 Å². The van der Waals surface area contributed by atoms with Crippen LogP contribution in [0.3, 0.4) is 0 Å². The van der Waals surface area contributed by atoms with Crippen molar-refractivity contribution >= 4 is 0 Å². The van der Waals surface area contributed by atoms with Crippen LogP contribution in [-0.2, 0) is 0 Å². The first-order valence-corrected chi connectivity index (χ1v) is 6.65. The topological polar surface area (TPSA) is 36.3 Å². The molecule has 2 fully saturated rings. The van der Waals surface area contributed by atoms with Gasteiger partial charge in [0.1, 0.15) is 11.9 Å². The third-order valence-corrected chi connectivity index (χ3v) is 4.34. The van der Waals surface area contributed by atoms with Crippen molar-refractivity contribution in [3.63, 3.8) is 0 Å². The summed E-state index contributed by atoms with van der Waals surface area (Å²) in [5.41, 5.74) is 0.686. The van der Waals surface area contributed by atoms with Crippen LogP contribution in [0.4, 0.5) is 0 Å². The van der Waals surface area contributed by atoms with E-state index in [1.165, 1.54) is 12.8 Å². The van der Waals surface area contributed by atoms with E-state index in [-0.39, 0.29) is 0 Å². The zero-order valence-corrected chi connectivity index (χ0v) is 10.7. The van der Waals surface area contributed by atoms with E-state index in [1.807, 2.05) is 24.3 Å². The minimum atomic E-state index is 0.339. The molecule has 1 aromatic rings. The molecule has 2 bridgehead atoms. The highest BCUT2D eigenvalue weighted by molar-refractivity contribution is 5.34. The number of fused-ring (bicyclic) bond motifs is 2. The van der Waals surface area contributed by atoms with Gasteiger partial charge in [0, 0.05) is 12.1 Å². The number of hydrogen-bond acceptors (Lipinski definition) is 3. The highest BCUT2D eigenvalue weighted by Crippen LogP contribution is 2.35. The minimum absolute atomic E-state index is 0.339. The van der Waals surface area contributed by atoms with Crippen LogP contribution in [0.1, 0.15) is 31.2 Å². The van der Waals surface area contributed by atoms with Crippen LogP contribution < -0.4 is 4.74 Å². The Labute approximate surface area is 108 Å². The van der Waals surface area contributed by atoms with Gasteiger partial charge in [-0.1, -0.05) is 0 Å². The monoisotopic (exact) mass is 242 g/mol. The summed E-state index contributed by atoms with van der Waals surface area (Å²) in [6.45, 7) is 0. The minimum Gasteiger partial charge on any atom is -0.490 e. The second-order valence-corrected chi connectivity index (χ2v) is 5.40. The Morgan fingerprint density at radius 1 is 1.17 bits per heavy atom. The van der Waals surface area contributed by atoms with E-state index in [1.54, 1.807) is 0 Å². The van der Waals surface area contributed by atoms with Crippen molar-refractivity contribution in [2.24, 2.45) is 0 Å². The lowest BCUT2D eigenvalue weighted by Crippen LogP contribution is -2.43. The van der Waals surface area contributed by atoms with Crippen molar-refractivity contribution in [3.05, 3.63) is 29.8 Å². The molecule has 2 aliphatic heterocycles. The zero-order valence-electron chi connectivity index (χ0n) is 10.7. The van der Waals surface area contributed by atoms with Gasteiger partial charge in [0.15, 0.2) is 0 Å². The Bertz CT molecular complexity index is 448. The summed E-state index contributed by atoms with van der Waals surface area (Å²) in [6, 6.07) is 11.0. The predicted octanol–water partition coefficient (Wildman–Crippen LogP) is 2.56. The first-order valence-electron chi connectivity index (χ1n) is 6.65. The predicted molar refractivity (Wildman–Crippen MR) is 69.4 cm³/mol. The molecule has 0 radical (unpaired) electrons. The molecule has 2 heterocycles. The van der Waals surface area contributed by atoms with Gasteiger partial charge < -0.3 is 9.64 Å². The molecule has 1 aromatic carbocycles. The summed E-state index contributed by atoms with van der Waals surface area (Å²) in [5.74, 6) is 0.892. The zero-order chi connectivity index (χ0) is 12.5. The molecular formula is C15H18N2O. The summed E-state index contributed by atoms with van der Waals surface area (Å²) in [6.07, 6.45) is 5.23. The molecule has 3 heteroatoms. The number of hydrogen-bond donors (Lipinski definition) is 0. The fourth-order valence-corrected chi connectivity index (χ4v) is 3.26. The summed E-state index contributed by atoms with van der Waals surface area (Å²) in [5, 5.41) is 8.76. The SMILES string of the molecule is CN1[C@@H]2CC[C@H]1C[C@H](Oc1ccc(C#N)cc1)C2. The molecule has 94 valence electrons. The van der Waals surface area contributed by atoms with Gasteiger partial charge in [-0.05, 0) is 57.0 Å². The van der Waals surface area contributed by atoms with E-state index in [4.69, 9.17) is 10.00 Å². The fourth-order valence-electron chi connectivity index (χ4n) is 3.26. The first-order chi connectivity index (χ1) is 8.76. The molecule has 0 amide bonds. The number of benzene rings is 1. The average molecular weight is 242 g/mol. The maximum atomic E-state index is 8.76. The van der Waals surface area contributed by atoms with E-state index >= 15 is 0 Å². The van der Waals surface area contributed by atoms with Gasteiger partial charge in [-0.15, -0.1) is 0 Å². The van der Waals surface area contributed by atoms with Crippen LogP contribution in [0, 0.1) is 11.3 Å². The molecule has 0 spiro atoms. The number of piperidine rings is 1. The maximum Gasteiger partial charge on any atom is 0.119 e. The molecule has 3 rings (SSSR count). The van der Waals surface area contributed by atoms with Gasteiger partial charge in [-0.25, -0.2) is 0 Å². The van der Waals surface area contributed by atoms with Gasteiger partial charge in [-0.3, -0.25) is 0 Å². The largest absolute Gasteiger partial charge is 0.490 e. The van der Waals surface area contributed by atoms with Crippen molar-refractivity contribution in [3.8, 4) is 11.8 Å². The van der Waals surface area contributed by atoms with E-state index in [0.29, 0.717) is 23.8 Å². The van der Waals surface area contributed by atoms with Crippen LogP contribution in [0.5, 0.6) is 5.75 Å². The molecule has 0 N–H and O–H groups in total. The molecule has 2 saturated heterocycles. The number of nitriles is 1. The van der Waals surface area contributed by atoms with Gasteiger partial charge >= 0.3 is 0 Å². The Kier molecular flexibility index (Phi) is 2.97. The molecular weight excluding hydrogens is 224 g/mol. The summed E-state index contributed by atoms with van der Waals surface area (Å²) in [7, 11) is 2.24. The molecule has 2 aliphatic rings. The molecule has 0 unspecified atom stereocenters. The first kappa shape index (κ1) is 11.6. The van der Waals surface area contributed by atoms with Gasteiger partial charge in [0.25, 0.3) is 0 Å². The third kappa shape index (κ3) is 2.09. The molecule has 0 aromatic heterocycles. The number of nitrogens with zero attached hydrogens (tertiary/aromatic N) is 2. The van der Waals surface area contributed by atoms with Crippen molar-refractivity contribution in [2.75, 3.05) is 7.05 Å². The third-order valence-electron chi connectivity index (χ3n) is 4.34. The summed E-state index contributed by atoms with van der Waals surface area (Å²) >= 11 is 0. The van der Waals surface area contributed by atoms with Gasteiger partial charge in [-0.2, -0.15) is 5.26 Å². The van der Waals surface area contributed by atoms with Crippen molar-refractivity contribution in [2.45, 2.75) is 43.9 Å². The van der Waals surface area contributed by atoms with E-state index < -0.39 is 0 Å². The molecule has 3 nitrogen and oxygen atoms in total. The lowest BCUT2D eigenvalue weighted by Gasteiger charge is -2.36. The van der Waals surface area contributed by atoms with Crippen LogP contribution in [0.25, 0.3) is 0 Å². The molecule has 0 saturated carbocycles. The number of ether oxygens (including phenoxy) is 1. The summed E-state index contributed by atoms with van der Waals surface area (Å²) in [4.78, 5) is 2.51. The highest BCUT2D eigenvalue weighted by atomic mass is 16.5. The van der Waals surface area contributed by atoms with E-state index in [0.717, 1.165) is 18.6 Å². The van der Waals surface area contributed by atoms with Crippen molar-refractivity contribution in [1.29, 1.82) is 5.26 Å². The number of rotatable bonds is 2. The normalized spacial score (nSPS) is 31.0. The van der Waals surface area contributed by atoms with Gasteiger partial charge in [0.2, 0.25) is 0 Å². The average Bonchev–Trinajstić information content (AvgIpc) is 2.63. The second-order valence-electron chi connectivity index (χ2n) is 5.40. The summed E-state index contributed by atoms with van der Waals surface area (Å²) < 4.78 is 6.05. The van der Waals surface area contributed by atoms with Crippen LogP contribution >= 0.6 is 0 Å². The van der Waals surface area contributed by atoms with Crippen LogP contribution in [-0.4, -0.2) is 30.1 Å². The lowest BCUT2D eigenvalue weighted by molar-refractivity contribution is 0.0662. The van der Waals surface area contributed by atoms with Crippen LogP contribution in [0.2, 0.25) is 0 Å². The lowest BCUT2D eigenvalue weighted by atomic mass is 10.0. The van der Waals surface area contributed by atoms with E-state index in [9.17, 15) is 0 Å². The molecule has 0 aliphatic carbocycles.